The van der Waals surface area contributed by atoms with E-state index >= 15 is 4.39 Å². The predicted molar refractivity (Wildman–Crippen MR) is 145 cm³/mol. The number of hydrogen-bond acceptors (Lipinski definition) is 2. The highest BCUT2D eigenvalue weighted by molar-refractivity contribution is 5.84. The SMILES string of the molecule is O=Cc1ccc(-c2ccc3ncn(C(c4ccccc4)(c4ccccc4)c4ccccc4)c3c2)c(F)c1F. The molecule has 0 saturated heterocycles. The maximum atomic E-state index is 15.0. The second-order valence-corrected chi connectivity index (χ2v) is 9.07. The van der Waals surface area contributed by atoms with Gasteiger partial charge in [-0.2, -0.15) is 0 Å². The fourth-order valence-corrected chi connectivity index (χ4v) is 5.28. The molecule has 5 aromatic carbocycles. The number of rotatable bonds is 6. The van der Waals surface area contributed by atoms with E-state index in [1.807, 2.05) is 60.7 Å². The molecular weight excluding hydrogens is 478 g/mol. The molecule has 0 atom stereocenters. The number of halogens is 2. The summed E-state index contributed by atoms with van der Waals surface area (Å²) in [7, 11) is 0. The normalized spacial score (nSPS) is 11.5. The number of nitrogens with zero attached hydrogens (tertiary/aromatic N) is 2. The van der Waals surface area contributed by atoms with Crippen molar-refractivity contribution in [1.82, 2.24) is 9.55 Å². The first kappa shape index (κ1) is 23.5. The van der Waals surface area contributed by atoms with Gasteiger partial charge in [-0.1, -0.05) is 103 Å². The minimum Gasteiger partial charge on any atom is -0.312 e. The number of benzene rings is 5. The van der Waals surface area contributed by atoms with Crippen LogP contribution in [0, 0.1) is 11.6 Å². The predicted octanol–water partition coefficient (Wildman–Crippen LogP) is 7.63. The van der Waals surface area contributed by atoms with Crippen molar-refractivity contribution in [3.63, 3.8) is 0 Å². The number of aldehydes is 1. The Balaban J connectivity index is 1.69. The molecule has 5 heteroatoms. The van der Waals surface area contributed by atoms with E-state index in [1.54, 1.807) is 18.5 Å². The van der Waals surface area contributed by atoms with Gasteiger partial charge in [0, 0.05) is 5.56 Å². The van der Waals surface area contributed by atoms with Gasteiger partial charge in [-0.25, -0.2) is 13.8 Å². The van der Waals surface area contributed by atoms with Crippen LogP contribution in [0.4, 0.5) is 8.78 Å². The molecule has 0 N–H and O–H groups in total. The standard InChI is InChI=1S/C33H22F2N2O/c34-31-24(21-38)16-18-28(32(31)35)23-17-19-29-30(20-23)37(22-36-29)33(25-10-4-1-5-11-25,26-12-6-2-7-13-26)27-14-8-3-9-15-27/h1-22H. The smallest absolute Gasteiger partial charge is 0.169 e. The molecule has 0 unspecified atom stereocenters. The monoisotopic (exact) mass is 500 g/mol. The summed E-state index contributed by atoms with van der Waals surface area (Å²) in [6.07, 6.45) is 2.11. The van der Waals surface area contributed by atoms with Gasteiger partial charge in [0.25, 0.3) is 0 Å². The van der Waals surface area contributed by atoms with Crippen LogP contribution < -0.4 is 0 Å². The quantitative estimate of drug-likeness (QED) is 0.174. The maximum Gasteiger partial charge on any atom is 0.169 e. The summed E-state index contributed by atoms with van der Waals surface area (Å²) in [5.74, 6) is -2.21. The third kappa shape index (κ3) is 3.63. The molecule has 38 heavy (non-hydrogen) atoms. The van der Waals surface area contributed by atoms with E-state index in [0.29, 0.717) is 17.4 Å². The molecule has 0 aliphatic carbocycles. The van der Waals surface area contributed by atoms with Gasteiger partial charge in [0.05, 0.1) is 22.9 Å². The van der Waals surface area contributed by atoms with E-state index in [2.05, 4.69) is 41.0 Å². The number of carbonyl (C=O) groups excluding carboxylic acids is 1. The molecule has 0 spiro atoms. The molecule has 6 aromatic rings. The van der Waals surface area contributed by atoms with Crippen molar-refractivity contribution >= 4 is 17.3 Å². The van der Waals surface area contributed by atoms with Gasteiger partial charge >= 0.3 is 0 Å². The lowest BCUT2D eigenvalue weighted by molar-refractivity contribution is 0.111. The van der Waals surface area contributed by atoms with Crippen LogP contribution in [0.25, 0.3) is 22.2 Å². The van der Waals surface area contributed by atoms with Crippen LogP contribution in [0.5, 0.6) is 0 Å². The Labute approximate surface area is 218 Å². The zero-order valence-corrected chi connectivity index (χ0v) is 20.3. The van der Waals surface area contributed by atoms with Gasteiger partial charge in [-0.05, 0) is 40.5 Å². The highest BCUT2D eigenvalue weighted by Crippen LogP contribution is 2.43. The second kappa shape index (κ2) is 9.52. The summed E-state index contributed by atoms with van der Waals surface area (Å²) in [6.45, 7) is 0. The van der Waals surface area contributed by atoms with Crippen LogP contribution in [-0.2, 0) is 5.54 Å². The topological polar surface area (TPSA) is 34.9 Å². The number of imidazole rings is 1. The highest BCUT2D eigenvalue weighted by Gasteiger charge is 2.39. The van der Waals surface area contributed by atoms with Crippen molar-refractivity contribution < 1.29 is 13.6 Å². The minimum atomic E-state index is -1.15. The van der Waals surface area contributed by atoms with Gasteiger partial charge in [-0.3, -0.25) is 4.79 Å². The van der Waals surface area contributed by atoms with Gasteiger partial charge < -0.3 is 4.57 Å². The molecule has 0 radical (unpaired) electrons. The van der Waals surface area contributed by atoms with Gasteiger partial charge in [0.1, 0.15) is 5.54 Å². The van der Waals surface area contributed by atoms with Crippen molar-refractivity contribution in [2.24, 2.45) is 0 Å². The van der Waals surface area contributed by atoms with Crippen molar-refractivity contribution in [2.75, 3.05) is 0 Å². The second-order valence-electron chi connectivity index (χ2n) is 9.07. The van der Waals surface area contributed by atoms with Crippen LogP contribution in [0.2, 0.25) is 0 Å². The molecule has 6 rings (SSSR count). The largest absolute Gasteiger partial charge is 0.312 e. The number of hydrogen-bond donors (Lipinski definition) is 0. The van der Waals surface area contributed by atoms with Crippen LogP contribution >= 0.6 is 0 Å². The lowest BCUT2D eigenvalue weighted by Crippen LogP contribution is -2.37. The van der Waals surface area contributed by atoms with Gasteiger partial charge in [-0.15, -0.1) is 0 Å². The summed E-state index contributed by atoms with van der Waals surface area (Å²) >= 11 is 0. The van der Waals surface area contributed by atoms with Gasteiger partial charge in [0.2, 0.25) is 0 Å². The summed E-state index contributed by atoms with van der Waals surface area (Å²) in [5, 5.41) is 0. The molecular formula is C33H22F2N2O. The Morgan fingerprint density at radius 1 is 0.658 bits per heavy atom. The van der Waals surface area contributed by atoms with E-state index in [-0.39, 0.29) is 11.1 Å². The number of carbonyl (C=O) groups is 1. The lowest BCUT2D eigenvalue weighted by atomic mass is 9.76. The summed E-state index contributed by atoms with van der Waals surface area (Å²) < 4.78 is 31.6. The summed E-state index contributed by atoms with van der Waals surface area (Å²) in [5.41, 5.74) is 3.98. The molecule has 0 aliphatic heterocycles. The van der Waals surface area contributed by atoms with Crippen molar-refractivity contribution in [2.45, 2.75) is 5.54 Å². The van der Waals surface area contributed by atoms with Gasteiger partial charge in [0.15, 0.2) is 17.9 Å². The Kier molecular flexibility index (Phi) is 5.89. The molecule has 1 heterocycles. The fourth-order valence-electron chi connectivity index (χ4n) is 5.28. The molecule has 184 valence electrons. The maximum absolute atomic E-state index is 15.0. The molecule has 0 bridgehead atoms. The molecule has 0 saturated carbocycles. The van der Waals surface area contributed by atoms with Crippen LogP contribution in [0.1, 0.15) is 27.0 Å². The highest BCUT2D eigenvalue weighted by atomic mass is 19.2. The first-order valence-electron chi connectivity index (χ1n) is 12.2. The minimum absolute atomic E-state index is 0.0764. The number of fused-ring (bicyclic) bond motifs is 1. The Bertz CT molecular complexity index is 1650. The van der Waals surface area contributed by atoms with Crippen molar-refractivity contribution in [1.29, 1.82) is 0 Å². The van der Waals surface area contributed by atoms with E-state index in [4.69, 9.17) is 4.98 Å². The molecule has 0 amide bonds. The molecule has 0 aliphatic rings. The van der Waals surface area contributed by atoms with Crippen LogP contribution in [0.15, 0.2) is 128 Å². The number of aromatic nitrogens is 2. The third-order valence-electron chi connectivity index (χ3n) is 7.03. The van der Waals surface area contributed by atoms with Crippen LogP contribution in [0.3, 0.4) is 0 Å². The summed E-state index contributed by atoms with van der Waals surface area (Å²) in [4.78, 5) is 15.8. The first-order chi connectivity index (χ1) is 18.6. The van der Waals surface area contributed by atoms with E-state index in [9.17, 15) is 9.18 Å². The van der Waals surface area contributed by atoms with E-state index < -0.39 is 17.2 Å². The zero-order valence-electron chi connectivity index (χ0n) is 20.3. The molecule has 0 fully saturated rings. The average Bonchev–Trinajstić information content (AvgIpc) is 3.40. The van der Waals surface area contributed by atoms with Crippen LogP contribution in [-0.4, -0.2) is 15.8 Å². The molecule has 3 nitrogen and oxygen atoms in total. The van der Waals surface area contributed by atoms with E-state index in [1.165, 1.54) is 12.1 Å². The lowest BCUT2D eigenvalue weighted by Gasteiger charge is -2.38. The zero-order chi connectivity index (χ0) is 26.1. The van der Waals surface area contributed by atoms with Crippen molar-refractivity contribution in [3.8, 4) is 11.1 Å². The first-order valence-corrected chi connectivity index (χ1v) is 12.2. The Morgan fingerprint density at radius 2 is 1.21 bits per heavy atom. The third-order valence-corrected chi connectivity index (χ3v) is 7.03. The summed E-state index contributed by atoms with van der Waals surface area (Å²) in [6, 6.07) is 38.6. The molecule has 1 aromatic heterocycles. The Hall–Kier alpha value is -4.90. The van der Waals surface area contributed by atoms with E-state index in [0.717, 1.165) is 22.2 Å². The van der Waals surface area contributed by atoms with Crippen molar-refractivity contribution in [3.05, 3.63) is 162 Å². The average molecular weight is 501 g/mol. The fraction of sp³-hybridized carbons (Fsp3) is 0.0303. The Morgan fingerprint density at radius 3 is 1.74 bits per heavy atom.